The summed E-state index contributed by atoms with van der Waals surface area (Å²) < 4.78 is 23.5. The molecule has 0 aromatic carbocycles. The largest absolute Gasteiger partial charge is 0.340 e. The third-order valence-corrected chi connectivity index (χ3v) is 6.05. The van der Waals surface area contributed by atoms with Gasteiger partial charge in [-0.25, -0.2) is 18.4 Å². The van der Waals surface area contributed by atoms with Crippen LogP contribution in [0.15, 0.2) is 12.3 Å². The third-order valence-electron chi connectivity index (χ3n) is 4.30. The molecule has 134 valence electrons. The third kappa shape index (κ3) is 4.43. The predicted molar refractivity (Wildman–Crippen MR) is 94.0 cm³/mol. The van der Waals surface area contributed by atoms with Crippen molar-refractivity contribution in [2.24, 2.45) is 0 Å². The number of hydrogen-bond donors (Lipinski definition) is 0. The van der Waals surface area contributed by atoms with E-state index in [2.05, 4.69) is 16.9 Å². The summed E-state index contributed by atoms with van der Waals surface area (Å²) in [4.78, 5) is 24.7. The van der Waals surface area contributed by atoms with Gasteiger partial charge in [-0.05, 0) is 25.8 Å². The van der Waals surface area contributed by atoms with E-state index in [0.29, 0.717) is 31.2 Å². The zero-order valence-electron chi connectivity index (χ0n) is 14.6. The molecule has 1 saturated heterocycles. The van der Waals surface area contributed by atoms with E-state index >= 15 is 0 Å². The first kappa shape index (κ1) is 18.6. The molecule has 0 bridgehead atoms. The summed E-state index contributed by atoms with van der Waals surface area (Å²) in [7, 11) is -1.22. The Balaban J connectivity index is 2.17. The highest BCUT2D eigenvalue weighted by molar-refractivity contribution is 7.91. The lowest BCUT2D eigenvalue weighted by Gasteiger charge is -2.27. The number of rotatable bonds is 7. The first-order valence-corrected chi connectivity index (χ1v) is 10.3. The Bertz CT molecular complexity index is 678. The number of carbonyl (C=O) groups excluding carboxylic acids is 1. The highest BCUT2D eigenvalue weighted by Crippen LogP contribution is 2.21. The molecule has 1 aromatic rings. The average molecular weight is 354 g/mol. The maximum Gasteiger partial charge on any atom is 0.272 e. The molecular weight excluding hydrogens is 328 g/mol. The van der Waals surface area contributed by atoms with Crippen molar-refractivity contribution in [2.75, 3.05) is 36.5 Å². The van der Waals surface area contributed by atoms with Crippen molar-refractivity contribution in [3.05, 3.63) is 18.0 Å². The SMILES string of the molecule is CCCCN(C)C(=O)c1ccnc(N(CC)C2CCS(=O)(=O)C2)n1. The van der Waals surface area contributed by atoms with Crippen LogP contribution in [-0.2, 0) is 9.84 Å². The minimum absolute atomic E-state index is 0.122. The summed E-state index contributed by atoms with van der Waals surface area (Å²) >= 11 is 0. The van der Waals surface area contributed by atoms with E-state index in [-0.39, 0.29) is 23.5 Å². The zero-order chi connectivity index (χ0) is 17.7. The summed E-state index contributed by atoms with van der Waals surface area (Å²) in [5.41, 5.74) is 0.345. The summed E-state index contributed by atoms with van der Waals surface area (Å²) in [5, 5.41) is 0. The maximum absolute atomic E-state index is 12.5. The number of aromatic nitrogens is 2. The molecule has 0 radical (unpaired) electrons. The van der Waals surface area contributed by atoms with Crippen molar-refractivity contribution < 1.29 is 13.2 Å². The van der Waals surface area contributed by atoms with Crippen LogP contribution in [0.3, 0.4) is 0 Å². The van der Waals surface area contributed by atoms with E-state index in [0.717, 1.165) is 12.8 Å². The van der Waals surface area contributed by atoms with E-state index in [4.69, 9.17) is 0 Å². The highest BCUT2D eigenvalue weighted by atomic mass is 32.2. The van der Waals surface area contributed by atoms with Gasteiger partial charge in [-0.1, -0.05) is 13.3 Å². The van der Waals surface area contributed by atoms with Gasteiger partial charge in [0.05, 0.1) is 11.5 Å². The molecule has 24 heavy (non-hydrogen) atoms. The molecule has 0 spiro atoms. The number of sulfone groups is 1. The molecule has 1 aliphatic heterocycles. The van der Waals surface area contributed by atoms with Crippen LogP contribution in [0.4, 0.5) is 5.95 Å². The molecule has 0 aliphatic carbocycles. The molecule has 7 nitrogen and oxygen atoms in total. The summed E-state index contributed by atoms with van der Waals surface area (Å²) in [6, 6.07) is 1.48. The number of anilines is 1. The molecule has 1 aromatic heterocycles. The molecule has 2 rings (SSSR count). The Morgan fingerprint density at radius 1 is 1.38 bits per heavy atom. The lowest BCUT2D eigenvalue weighted by atomic mass is 10.2. The molecule has 2 heterocycles. The quantitative estimate of drug-likeness (QED) is 0.735. The minimum Gasteiger partial charge on any atom is -0.340 e. The topological polar surface area (TPSA) is 83.5 Å². The van der Waals surface area contributed by atoms with Gasteiger partial charge in [-0.3, -0.25) is 4.79 Å². The summed E-state index contributed by atoms with van der Waals surface area (Å²) in [6.45, 7) is 5.31. The molecule has 1 fully saturated rings. The first-order chi connectivity index (χ1) is 11.4. The van der Waals surface area contributed by atoms with E-state index < -0.39 is 9.84 Å². The maximum atomic E-state index is 12.5. The molecule has 1 amide bonds. The van der Waals surface area contributed by atoms with Gasteiger partial charge in [-0.2, -0.15) is 0 Å². The van der Waals surface area contributed by atoms with Crippen molar-refractivity contribution in [1.82, 2.24) is 14.9 Å². The van der Waals surface area contributed by atoms with Crippen LogP contribution in [0.1, 0.15) is 43.6 Å². The Hall–Kier alpha value is -1.70. The molecule has 1 unspecified atom stereocenters. The second-order valence-corrected chi connectivity index (χ2v) is 8.39. The van der Waals surface area contributed by atoms with Crippen LogP contribution >= 0.6 is 0 Å². The highest BCUT2D eigenvalue weighted by Gasteiger charge is 2.33. The summed E-state index contributed by atoms with van der Waals surface area (Å²) in [6.07, 6.45) is 4.11. The van der Waals surface area contributed by atoms with Crippen LogP contribution in [-0.4, -0.2) is 66.9 Å². The van der Waals surface area contributed by atoms with Crippen LogP contribution < -0.4 is 4.90 Å². The van der Waals surface area contributed by atoms with Crippen LogP contribution in [0.5, 0.6) is 0 Å². The van der Waals surface area contributed by atoms with Crippen LogP contribution in [0, 0.1) is 0 Å². The van der Waals surface area contributed by atoms with Gasteiger partial charge < -0.3 is 9.80 Å². The van der Waals surface area contributed by atoms with Gasteiger partial charge in [0.15, 0.2) is 9.84 Å². The van der Waals surface area contributed by atoms with Gasteiger partial charge in [0.2, 0.25) is 5.95 Å². The second-order valence-electron chi connectivity index (χ2n) is 6.17. The standard InChI is InChI=1S/C16H26N4O3S/c1-4-6-10-19(3)15(21)14-7-9-17-16(18-14)20(5-2)13-8-11-24(22,23)12-13/h7,9,13H,4-6,8,10-12H2,1-3H3. The summed E-state index contributed by atoms with van der Waals surface area (Å²) in [5.74, 6) is 0.613. The van der Waals surface area contributed by atoms with Crippen molar-refractivity contribution >= 4 is 21.7 Å². The fraction of sp³-hybridized carbons (Fsp3) is 0.688. The van der Waals surface area contributed by atoms with Crippen molar-refractivity contribution in [3.8, 4) is 0 Å². The normalized spacial score (nSPS) is 19.2. The Morgan fingerprint density at radius 2 is 2.12 bits per heavy atom. The monoisotopic (exact) mass is 354 g/mol. The van der Waals surface area contributed by atoms with Gasteiger partial charge in [0, 0.05) is 32.4 Å². The molecule has 8 heteroatoms. The second kappa shape index (κ2) is 7.92. The Kier molecular flexibility index (Phi) is 6.15. The molecule has 1 aliphatic rings. The fourth-order valence-electron chi connectivity index (χ4n) is 2.88. The molecule has 0 N–H and O–H groups in total. The van der Waals surface area contributed by atoms with Crippen molar-refractivity contribution in [3.63, 3.8) is 0 Å². The lowest BCUT2D eigenvalue weighted by Crippen LogP contribution is -2.38. The Morgan fingerprint density at radius 3 is 2.71 bits per heavy atom. The van der Waals surface area contributed by atoms with Crippen molar-refractivity contribution in [1.29, 1.82) is 0 Å². The number of nitrogens with zero attached hydrogens (tertiary/aromatic N) is 4. The average Bonchev–Trinajstić information content (AvgIpc) is 2.92. The number of unbranched alkanes of at least 4 members (excludes halogenated alkanes) is 1. The number of hydrogen-bond acceptors (Lipinski definition) is 6. The number of carbonyl (C=O) groups is 1. The van der Waals surface area contributed by atoms with Crippen molar-refractivity contribution in [2.45, 2.75) is 39.2 Å². The molecule has 1 atom stereocenters. The lowest BCUT2D eigenvalue weighted by molar-refractivity contribution is 0.0787. The van der Waals surface area contributed by atoms with Crippen LogP contribution in [0.2, 0.25) is 0 Å². The predicted octanol–water partition coefficient (Wildman–Crippen LogP) is 1.36. The minimum atomic E-state index is -2.98. The van der Waals surface area contributed by atoms with Gasteiger partial charge in [0.25, 0.3) is 5.91 Å². The van der Waals surface area contributed by atoms with Gasteiger partial charge in [-0.15, -0.1) is 0 Å². The van der Waals surface area contributed by atoms with Crippen LogP contribution in [0.25, 0.3) is 0 Å². The van der Waals surface area contributed by atoms with E-state index in [1.54, 1.807) is 24.2 Å². The first-order valence-electron chi connectivity index (χ1n) is 8.43. The molecule has 0 saturated carbocycles. The van der Waals surface area contributed by atoms with Gasteiger partial charge >= 0.3 is 0 Å². The van der Waals surface area contributed by atoms with E-state index in [1.807, 2.05) is 11.8 Å². The fourth-order valence-corrected chi connectivity index (χ4v) is 4.61. The molecular formula is C16H26N4O3S. The van der Waals surface area contributed by atoms with Gasteiger partial charge in [0.1, 0.15) is 5.69 Å². The number of amides is 1. The Labute approximate surface area is 144 Å². The smallest absolute Gasteiger partial charge is 0.272 e. The zero-order valence-corrected chi connectivity index (χ0v) is 15.4. The van der Waals surface area contributed by atoms with E-state index in [9.17, 15) is 13.2 Å². The van der Waals surface area contributed by atoms with E-state index in [1.165, 1.54) is 0 Å².